The molecule has 0 bridgehead atoms. The molecule has 0 aliphatic carbocycles. The number of benzene rings is 1. The second-order valence-electron chi connectivity index (χ2n) is 5.77. The molecule has 0 radical (unpaired) electrons. The van der Waals surface area contributed by atoms with Gasteiger partial charge in [-0.05, 0) is 41.9 Å². The van der Waals surface area contributed by atoms with Crippen molar-refractivity contribution >= 4 is 43.6 Å². The van der Waals surface area contributed by atoms with E-state index in [1.54, 1.807) is 6.20 Å². The van der Waals surface area contributed by atoms with Crippen LogP contribution in [-0.4, -0.2) is 21.1 Å². The largest absolute Gasteiger partial charge is 0.381 e. The van der Waals surface area contributed by atoms with E-state index in [2.05, 4.69) is 45.1 Å². The fourth-order valence-corrected chi connectivity index (χ4v) is 3.44. The highest BCUT2D eigenvalue weighted by molar-refractivity contribution is 9.10. The second-order valence-corrected chi connectivity index (χ2v) is 6.62. The number of nitrogens with one attached hydrogen (secondary N) is 2. The summed E-state index contributed by atoms with van der Waals surface area (Å²) in [6, 6.07) is 3.95. The van der Waals surface area contributed by atoms with Crippen LogP contribution in [-0.2, 0) is 5.54 Å². The topological polar surface area (TPSA) is 62.7 Å². The molecule has 1 aliphatic heterocycles. The molecule has 0 fully saturated rings. The zero-order valence-electron chi connectivity index (χ0n) is 11.1. The average molecular weight is 333 g/mol. The highest BCUT2D eigenvalue weighted by atomic mass is 79.9. The quantitative estimate of drug-likeness (QED) is 0.665. The maximum absolute atomic E-state index is 12.3. The van der Waals surface area contributed by atoms with Crippen molar-refractivity contribution in [2.24, 2.45) is 0 Å². The maximum Gasteiger partial charge on any atom is 0.327 e. The van der Waals surface area contributed by atoms with Crippen LogP contribution >= 0.6 is 15.9 Å². The van der Waals surface area contributed by atoms with Gasteiger partial charge in [-0.2, -0.15) is 0 Å². The van der Waals surface area contributed by atoms with Gasteiger partial charge in [0.25, 0.3) is 0 Å². The third kappa shape index (κ3) is 1.37. The highest BCUT2D eigenvalue weighted by Gasteiger charge is 2.30. The predicted octanol–water partition coefficient (Wildman–Crippen LogP) is 2.80. The first kappa shape index (κ1) is 12.0. The molecule has 102 valence electrons. The minimum absolute atomic E-state index is 0.0890. The minimum atomic E-state index is -0.317. The van der Waals surface area contributed by atoms with Crippen molar-refractivity contribution < 1.29 is 0 Å². The molecule has 0 saturated heterocycles. The van der Waals surface area contributed by atoms with Crippen molar-refractivity contribution in [3.8, 4) is 0 Å². The van der Waals surface area contributed by atoms with Crippen molar-refractivity contribution in [2.75, 3.05) is 11.9 Å². The molecule has 0 unspecified atom stereocenters. The van der Waals surface area contributed by atoms with Crippen molar-refractivity contribution in [3.05, 3.63) is 33.3 Å². The monoisotopic (exact) mass is 332 g/mol. The zero-order valence-corrected chi connectivity index (χ0v) is 12.7. The Hall–Kier alpha value is -1.82. The summed E-state index contributed by atoms with van der Waals surface area (Å²) in [6.45, 7) is 4.79. The number of nitrogens with zero attached hydrogens (tertiary/aromatic N) is 2. The third-order valence-electron chi connectivity index (χ3n) is 3.93. The number of rotatable bonds is 0. The van der Waals surface area contributed by atoms with Gasteiger partial charge in [0.05, 0.1) is 39.4 Å². The maximum atomic E-state index is 12.3. The Labute approximate surface area is 123 Å². The Balaban J connectivity index is 2.37. The van der Waals surface area contributed by atoms with E-state index in [9.17, 15) is 4.79 Å². The average Bonchev–Trinajstić information content (AvgIpc) is 2.67. The van der Waals surface area contributed by atoms with Crippen LogP contribution in [0.25, 0.3) is 21.9 Å². The first-order valence-electron chi connectivity index (χ1n) is 6.45. The standard InChI is InChI=1S/C14H13BrN4O/c1-14(2)6-17-11-7(15)3-4-8-10(11)12-9(5-16-8)18-13(20)19(12)14/h3-5,17H,6H2,1-2H3,(H,18,20). The summed E-state index contributed by atoms with van der Waals surface area (Å²) < 4.78 is 2.82. The Bertz CT molecular complexity index is 922. The van der Waals surface area contributed by atoms with E-state index < -0.39 is 0 Å². The Morgan fingerprint density at radius 3 is 3.00 bits per heavy atom. The van der Waals surface area contributed by atoms with E-state index >= 15 is 0 Å². The van der Waals surface area contributed by atoms with Gasteiger partial charge in [-0.25, -0.2) is 4.79 Å². The molecule has 3 heterocycles. The van der Waals surface area contributed by atoms with Crippen molar-refractivity contribution in [1.82, 2.24) is 14.5 Å². The first-order chi connectivity index (χ1) is 9.49. The molecular weight excluding hydrogens is 320 g/mol. The lowest BCUT2D eigenvalue weighted by atomic mass is 10.1. The third-order valence-corrected chi connectivity index (χ3v) is 4.59. The van der Waals surface area contributed by atoms with E-state index in [1.807, 2.05) is 16.7 Å². The van der Waals surface area contributed by atoms with Gasteiger partial charge >= 0.3 is 5.69 Å². The number of aromatic amines is 1. The van der Waals surface area contributed by atoms with E-state index in [-0.39, 0.29) is 11.2 Å². The Kier molecular flexibility index (Phi) is 2.17. The van der Waals surface area contributed by atoms with Gasteiger partial charge in [-0.15, -0.1) is 0 Å². The lowest BCUT2D eigenvalue weighted by Crippen LogP contribution is -2.39. The summed E-state index contributed by atoms with van der Waals surface area (Å²) in [5, 5.41) is 4.44. The fraction of sp³-hybridized carbons (Fsp3) is 0.286. The van der Waals surface area contributed by atoms with Crippen LogP contribution in [0.5, 0.6) is 0 Å². The molecule has 1 aromatic carbocycles. The molecule has 0 amide bonds. The van der Waals surface area contributed by atoms with Gasteiger partial charge in [0.15, 0.2) is 0 Å². The number of imidazole rings is 1. The fourth-order valence-electron chi connectivity index (χ4n) is 2.97. The van der Waals surface area contributed by atoms with Crippen molar-refractivity contribution in [2.45, 2.75) is 19.4 Å². The molecule has 20 heavy (non-hydrogen) atoms. The SMILES string of the molecule is CC1(C)CNc2c(Br)ccc3ncc4[nH]c(=O)n1c4c23. The zero-order chi connectivity index (χ0) is 14.1. The van der Waals surface area contributed by atoms with Crippen molar-refractivity contribution in [1.29, 1.82) is 0 Å². The van der Waals surface area contributed by atoms with Crippen LogP contribution in [0.4, 0.5) is 5.69 Å². The van der Waals surface area contributed by atoms with Crippen LogP contribution in [0.2, 0.25) is 0 Å². The lowest BCUT2D eigenvalue weighted by Gasteiger charge is -2.25. The minimum Gasteiger partial charge on any atom is -0.381 e. The number of hydrogen-bond donors (Lipinski definition) is 2. The number of halogens is 1. The summed E-state index contributed by atoms with van der Waals surface area (Å²) in [5.41, 5.74) is 3.17. The summed E-state index contributed by atoms with van der Waals surface area (Å²) in [7, 11) is 0. The molecule has 6 heteroatoms. The Morgan fingerprint density at radius 2 is 2.20 bits per heavy atom. The van der Waals surface area contributed by atoms with Crippen LogP contribution < -0.4 is 11.0 Å². The van der Waals surface area contributed by atoms with Crippen LogP contribution in [0.15, 0.2) is 27.6 Å². The van der Waals surface area contributed by atoms with E-state index in [0.29, 0.717) is 6.54 Å². The number of pyridine rings is 1. The molecule has 5 nitrogen and oxygen atoms in total. The van der Waals surface area contributed by atoms with E-state index in [0.717, 1.165) is 32.1 Å². The van der Waals surface area contributed by atoms with Gasteiger partial charge < -0.3 is 10.3 Å². The van der Waals surface area contributed by atoms with E-state index in [1.165, 1.54) is 0 Å². The molecule has 0 atom stereocenters. The molecule has 2 N–H and O–H groups in total. The van der Waals surface area contributed by atoms with Gasteiger partial charge in [0, 0.05) is 11.0 Å². The van der Waals surface area contributed by atoms with Crippen LogP contribution in [0.1, 0.15) is 13.8 Å². The summed E-state index contributed by atoms with van der Waals surface area (Å²) >= 11 is 3.58. The summed E-state index contributed by atoms with van der Waals surface area (Å²) in [5.74, 6) is 0. The summed E-state index contributed by atoms with van der Waals surface area (Å²) in [6.07, 6.45) is 1.73. The number of aromatic nitrogens is 3. The van der Waals surface area contributed by atoms with Gasteiger partial charge in [-0.1, -0.05) is 0 Å². The van der Waals surface area contributed by atoms with Crippen LogP contribution in [0, 0.1) is 0 Å². The smallest absolute Gasteiger partial charge is 0.327 e. The van der Waals surface area contributed by atoms with Crippen molar-refractivity contribution in [3.63, 3.8) is 0 Å². The highest BCUT2D eigenvalue weighted by Crippen LogP contribution is 2.38. The van der Waals surface area contributed by atoms with Crippen LogP contribution in [0.3, 0.4) is 0 Å². The molecule has 4 rings (SSSR count). The summed E-state index contributed by atoms with van der Waals surface area (Å²) in [4.78, 5) is 19.7. The molecule has 3 aromatic rings. The number of H-pyrrole nitrogens is 1. The predicted molar refractivity (Wildman–Crippen MR) is 83.4 cm³/mol. The lowest BCUT2D eigenvalue weighted by molar-refractivity contribution is 0.381. The second kappa shape index (κ2) is 3.63. The first-order valence-corrected chi connectivity index (χ1v) is 7.25. The number of anilines is 1. The normalized spacial score (nSPS) is 16.6. The van der Waals surface area contributed by atoms with Gasteiger partial charge in [0.2, 0.25) is 0 Å². The molecule has 0 spiro atoms. The number of hydrogen-bond acceptors (Lipinski definition) is 3. The molecule has 1 aliphatic rings. The molecule has 0 saturated carbocycles. The molecular formula is C14H13BrN4O. The van der Waals surface area contributed by atoms with Gasteiger partial charge in [0.1, 0.15) is 0 Å². The Morgan fingerprint density at radius 1 is 1.40 bits per heavy atom. The molecule has 2 aromatic heterocycles. The van der Waals surface area contributed by atoms with E-state index in [4.69, 9.17) is 0 Å². The van der Waals surface area contributed by atoms with Gasteiger partial charge in [-0.3, -0.25) is 9.55 Å².